The number of hydrogen-bond donors (Lipinski definition) is 0. The Hall–Kier alpha value is -2.77. The highest BCUT2D eigenvalue weighted by atomic mass is 19.4. The molecular weight excluding hydrogens is 325 g/mol. The van der Waals surface area contributed by atoms with Gasteiger partial charge >= 0.3 is 12.1 Å². The summed E-state index contributed by atoms with van der Waals surface area (Å²) in [6, 6.07) is 4.70. The maximum absolute atomic E-state index is 13.5. The number of fused-ring (bicyclic) bond motifs is 1. The summed E-state index contributed by atoms with van der Waals surface area (Å²) < 4.78 is 51.3. The third-order valence-corrected chi connectivity index (χ3v) is 3.55. The van der Waals surface area contributed by atoms with Crippen molar-refractivity contribution in [3.05, 3.63) is 47.5 Å². The van der Waals surface area contributed by atoms with Gasteiger partial charge in [-0.15, -0.1) is 0 Å². The molecule has 2 heterocycles. The van der Waals surface area contributed by atoms with Gasteiger partial charge in [0.2, 0.25) is 0 Å². The molecule has 0 saturated heterocycles. The molecule has 0 unspecified atom stereocenters. The van der Waals surface area contributed by atoms with E-state index in [9.17, 15) is 18.0 Å². The van der Waals surface area contributed by atoms with Gasteiger partial charge < -0.3 is 9.15 Å². The molecule has 1 aromatic carbocycles. The number of carbonyl (C=O) groups excluding carboxylic acids is 1. The summed E-state index contributed by atoms with van der Waals surface area (Å²) in [6.07, 6.45) is -2.52. The Balaban J connectivity index is 2.26. The van der Waals surface area contributed by atoms with E-state index in [4.69, 9.17) is 9.15 Å². The minimum atomic E-state index is -4.78. The lowest BCUT2D eigenvalue weighted by Crippen LogP contribution is -2.18. The number of aromatic nitrogens is 2. The second kappa shape index (κ2) is 5.70. The number of aryl methyl sites for hydroxylation is 1. The Bertz CT molecular complexity index is 909. The number of benzene rings is 1. The largest absolute Gasteiger partial charge is 0.464 e. The Labute approximate surface area is 134 Å². The first-order valence-corrected chi connectivity index (χ1v) is 7.14. The molecule has 126 valence electrons. The first-order chi connectivity index (χ1) is 11.3. The average molecular weight is 338 g/mol. The highest BCUT2D eigenvalue weighted by Crippen LogP contribution is 2.36. The van der Waals surface area contributed by atoms with Gasteiger partial charge in [0.05, 0.1) is 24.8 Å². The Morgan fingerprint density at radius 3 is 2.75 bits per heavy atom. The van der Waals surface area contributed by atoms with Gasteiger partial charge in [0.25, 0.3) is 0 Å². The summed E-state index contributed by atoms with van der Waals surface area (Å²) in [7, 11) is 0. The number of esters is 1. The molecule has 0 radical (unpaired) electrons. The van der Waals surface area contributed by atoms with Crippen molar-refractivity contribution >= 4 is 16.9 Å². The van der Waals surface area contributed by atoms with E-state index >= 15 is 0 Å². The van der Waals surface area contributed by atoms with Crippen LogP contribution in [0, 0.1) is 6.92 Å². The van der Waals surface area contributed by atoms with Gasteiger partial charge in [-0.05, 0) is 31.5 Å². The highest BCUT2D eigenvalue weighted by molar-refractivity contribution is 5.92. The first-order valence-electron chi connectivity index (χ1n) is 7.14. The van der Waals surface area contributed by atoms with Crippen LogP contribution in [-0.2, 0) is 10.9 Å². The summed E-state index contributed by atoms with van der Waals surface area (Å²) in [6.45, 7) is 3.27. The minimum Gasteiger partial charge on any atom is -0.464 e. The fraction of sp³-hybridized carbons (Fsp3) is 0.250. The molecule has 3 aromatic rings. The summed E-state index contributed by atoms with van der Waals surface area (Å²) in [5, 5.41) is 4.24. The van der Waals surface area contributed by atoms with E-state index in [-0.39, 0.29) is 12.3 Å². The number of carbonyl (C=O) groups is 1. The number of rotatable bonds is 3. The molecule has 0 fully saturated rings. The molecule has 2 aromatic heterocycles. The van der Waals surface area contributed by atoms with Crippen LogP contribution < -0.4 is 0 Å². The molecule has 0 aliphatic carbocycles. The van der Waals surface area contributed by atoms with Crippen LogP contribution >= 0.6 is 0 Å². The van der Waals surface area contributed by atoms with Crippen LogP contribution in [0.4, 0.5) is 13.2 Å². The molecule has 0 amide bonds. The fourth-order valence-electron chi connectivity index (χ4n) is 2.53. The normalized spacial score (nSPS) is 11.9. The molecule has 0 saturated carbocycles. The van der Waals surface area contributed by atoms with E-state index in [1.54, 1.807) is 19.1 Å². The van der Waals surface area contributed by atoms with Crippen molar-refractivity contribution in [2.24, 2.45) is 0 Å². The summed E-state index contributed by atoms with van der Waals surface area (Å²) in [5.41, 5.74) is -0.375. The van der Waals surface area contributed by atoms with Crippen LogP contribution in [-0.4, -0.2) is 22.4 Å². The van der Waals surface area contributed by atoms with Crippen LogP contribution in [0.3, 0.4) is 0 Å². The molecule has 24 heavy (non-hydrogen) atoms. The standard InChI is InChI=1S/C16H13F3N2O3/c1-3-23-15(22)11-8-20-21(14(11)16(17,18)19)12-5-4-9(2)13-10(12)6-7-24-13/h4-8H,3H2,1-2H3. The lowest BCUT2D eigenvalue weighted by atomic mass is 10.1. The molecule has 8 heteroatoms. The molecular formula is C16H13F3N2O3. The van der Waals surface area contributed by atoms with Gasteiger partial charge in [-0.3, -0.25) is 0 Å². The SMILES string of the molecule is CCOC(=O)c1cnn(-c2ccc(C)c3occc23)c1C(F)(F)F. The second-order valence-corrected chi connectivity index (χ2v) is 5.10. The average Bonchev–Trinajstić information content (AvgIpc) is 3.14. The predicted molar refractivity (Wildman–Crippen MR) is 79.0 cm³/mol. The Kier molecular flexibility index (Phi) is 3.82. The third-order valence-electron chi connectivity index (χ3n) is 3.55. The van der Waals surface area contributed by atoms with Gasteiger partial charge in [-0.1, -0.05) is 6.07 Å². The number of nitrogens with zero attached hydrogens (tertiary/aromatic N) is 2. The number of hydrogen-bond acceptors (Lipinski definition) is 4. The van der Waals surface area contributed by atoms with E-state index in [0.717, 1.165) is 11.8 Å². The van der Waals surface area contributed by atoms with Crippen molar-refractivity contribution in [1.82, 2.24) is 9.78 Å². The zero-order valence-corrected chi connectivity index (χ0v) is 12.8. The van der Waals surface area contributed by atoms with Crippen molar-refractivity contribution in [2.75, 3.05) is 6.61 Å². The molecule has 5 nitrogen and oxygen atoms in total. The molecule has 0 aliphatic rings. The van der Waals surface area contributed by atoms with Crippen molar-refractivity contribution in [2.45, 2.75) is 20.0 Å². The van der Waals surface area contributed by atoms with Gasteiger partial charge in [-0.25, -0.2) is 9.48 Å². The first kappa shape index (κ1) is 16.1. The molecule has 0 atom stereocenters. The van der Waals surface area contributed by atoms with Crippen LogP contribution in [0.2, 0.25) is 0 Å². The van der Waals surface area contributed by atoms with Gasteiger partial charge in [0.15, 0.2) is 5.69 Å². The highest BCUT2D eigenvalue weighted by Gasteiger charge is 2.41. The number of halogens is 3. The lowest BCUT2D eigenvalue weighted by Gasteiger charge is -2.13. The van der Waals surface area contributed by atoms with E-state index in [1.165, 1.54) is 19.3 Å². The summed E-state index contributed by atoms with van der Waals surface area (Å²) in [4.78, 5) is 11.8. The summed E-state index contributed by atoms with van der Waals surface area (Å²) in [5.74, 6) is -1.06. The van der Waals surface area contributed by atoms with Crippen molar-refractivity contribution < 1.29 is 27.1 Å². The van der Waals surface area contributed by atoms with Crippen LogP contribution in [0.1, 0.15) is 28.5 Å². The molecule has 3 rings (SSSR count). The van der Waals surface area contributed by atoms with Crippen molar-refractivity contribution in [3.63, 3.8) is 0 Å². The van der Waals surface area contributed by atoms with Crippen LogP contribution in [0.25, 0.3) is 16.7 Å². The lowest BCUT2D eigenvalue weighted by molar-refractivity contribution is -0.143. The summed E-state index contributed by atoms with van der Waals surface area (Å²) >= 11 is 0. The van der Waals surface area contributed by atoms with Gasteiger partial charge in [0.1, 0.15) is 11.1 Å². The second-order valence-electron chi connectivity index (χ2n) is 5.10. The van der Waals surface area contributed by atoms with Crippen molar-refractivity contribution in [1.29, 1.82) is 0 Å². The molecule has 0 bridgehead atoms. The molecule has 0 N–H and O–H groups in total. The van der Waals surface area contributed by atoms with E-state index in [0.29, 0.717) is 15.7 Å². The van der Waals surface area contributed by atoms with E-state index in [1.807, 2.05) is 0 Å². The van der Waals surface area contributed by atoms with Crippen molar-refractivity contribution in [3.8, 4) is 5.69 Å². The van der Waals surface area contributed by atoms with Crippen LogP contribution in [0.5, 0.6) is 0 Å². The molecule has 0 spiro atoms. The Morgan fingerprint density at radius 2 is 2.08 bits per heavy atom. The maximum Gasteiger partial charge on any atom is 0.434 e. The predicted octanol–water partition coefficient (Wildman–Crippen LogP) is 4.12. The minimum absolute atomic E-state index is 0.0299. The smallest absolute Gasteiger partial charge is 0.434 e. The zero-order valence-electron chi connectivity index (χ0n) is 12.8. The van der Waals surface area contributed by atoms with Crippen LogP contribution in [0.15, 0.2) is 35.1 Å². The number of furan rings is 1. The topological polar surface area (TPSA) is 57.3 Å². The quantitative estimate of drug-likeness (QED) is 0.674. The van der Waals surface area contributed by atoms with E-state index in [2.05, 4.69) is 5.10 Å². The van der Waals surface area contributed by atoms with Gasteiger partial charge in [-0.2, -0.15) is 18.3 Å². The maximum atomic E-state index is 13.5. The third kappa shape index (κ3) is 2.53. The number of ether oxygens (including phenoxy) is 1. The number of alkyl halides is 3. The zero-order chi connectivity index (χ0) is 17.5. The fourth-order valence-corrected chi connectivity index (χ4v) is 2.53. The monoisotopic (exact) mass is 338 g/mol. The van der Waals surface area contributed by atoms with E-state index < -0.39 is 23.4 Å². The molecule has 0 aliphatic heterocycles. The Morgan fingerprint density at radius 1 is 1.33 bits per heavy atom. The van der Waals surface area contributed by atoms with Gasteiger partial charge in [0, 0.05) is 5.39 Å².